The molecule has 0 aromatic rings. The van der Waals surface area contributed by atoms with Crippen LogP contribution >= 0.6 is 0 Å². The third-order valence-corrected chi connectivity index (χ3v) is 12.1. The number of hydrogen-bond donors (Lipinski definition) is 3. The Hall–Kier alpha value is -2.70. The molecule has 0 radical (unpaired) electrons. The molecule has 370 valence electrons. The average molecular weight is 894 g/mol. The van der Waals surface area contributed by atoms with Gasteiger partial charge in [0, 0.05) is 6.42 Å². The molecule has 0 spiro atoms. The lowest BCUT2D eigenvalue weighted by Gasteiger charge is -2.24. The van der Waals surface area contributed by atoms with E-state index in [4.69, 9.17) is 4.74 Å². The van der Waals surface area contributed by atoms with Crippen LogP contribution < -0.4 is 5.32 Å². The van der Waals surface area contributed by atoms with Crippen molar-refractivity contribution < 1.29 is 24.5 Å². The van der Waals surface area contributed by atoms with Crippen molar-refractivity contribution in [1.29, 1.82) is 0 Å². The van der Waals surface area contributed by atoms with E-state index < -0.39 is 18.2 Å². The second-order valence-electron chi connectivity index (χ2n) is 18.4. The highest BCUT2D eigenvalue weighted by Crippen LogP contribution is 2.17. The van der Waals surface area contributed by atoms with Gasteiger partial charge in [-0.25, -0.2) is 0 Å². The number of carbonyl (C=O) groups excluding carboxylic acids is 2. The Morgan fingerprint density at radius 3 is 1.20 bits per heavy atom. The number of aliphatic hydroxyl groups is 2. The number of esters is 1. The third kappa shape index (κ3) is 45.9. The lowest BCUT2D eigenvalue weighted by molar-refractivity contribution is -0.151. The van der Waals surface area contributed by atoms with Crippen LogP contribution in [0.1, 0.15) is 258 Å². The summed E-state index contributed by atoms with van der Waals surface area (Å²) in [6, 6.07) is -0.720. The number of aliphatic hydroxyl groups excluding tert-OH is 2. The zero-order valence-electron chi connectivity index (χ0n) is 42.1. The Kier molecular flexibility index (Phi) is 49.1. The van der Waals surface area contributed by atoms with Gasteiger partial charge in [-0.05, 0) is 77.0 Å². The third-order valence-electron chi connectivity index (χ3n) is 12.1. The Morgan fingerprint density at radius 1 is 0.453 bits per heavy atom. The number of hydrogen-bond acceptors (Lipinski definition) is 5. The lowest BCUT2D eigenvalue weighted by Crippen LogP contribution is -2.46. The molecule has 0 aromatic carbocycles. The molecule has 3 unspecified atom stereocenters. The van der Waals surface area contributed by atoms with Crippen LogP contribution in [-0.2, 0) is 14.3 Å². The molecule has 1 amide bonds. The lowest BCUT2D eigenvalue weighted by atomic mass is 10.0. The van der Waals surface area contributed by atoms with E-state index in [0.717, 1.165) is 89.9 Å². The van der Waals surface area contributed by atoms with Crippen molar-refractivity contribution in [2.75, 3.05) is 6.61 Å². The van der Waals surface area contributed by atoms with Gasteiger partial charge >= 0.3 is 5.97 Å². The first-order chi connectivity index (χ1) is 31.5. The monoisotopic (exact) mass is 894 g/mol. The van der Waals surface area contributed by atoms with E-state index in [9.17, 15) is 19.8 Å². The van der Waals surface area contributed by atoms with Crippen LogP contribution in [0.4, 0.5) is 0 Å². The molecule has 0 saturated heterocycles. The number of carbonyl (C=O) groups is 2. The SMILES string of the molecule is CCCCCCC/C=C/C=C/C=C/CCCCCCCC(=O)OC(CCCCC/C=C/C=C/C=C/CCCCCCC)CC(=O)NC(CO)C(O)CCCCCCCCCCCCC. The number of unbranched alkanes of at least 4 members (excludes halogenated alkanes) is 28. The van der Waals surface area contributed by atoms with Gasteiger partial charge < -0.3 is 20.3 Å². The maximum Gasteiger partial charge on any atom is 0.306 e. The van der Waals surface area contributed by atoms with Crippen LogP contribution in [0.3, 0.4) is 0 Å². The largest absolute Gasteiger partial charge is 0.462 e. The maximum atomic E-state index is 13.2. The quantitative estimate of drug-likeness (QED) is 0.0321. The average Bonchev–Trinajstić information content (AvgIpc) is 3.29. The van der Waals surface area contributed by atoms with Crippen molar-refractivity contribution in [3.05, 3.63) is 72.9 Å². The molecule has 3 N–H and O–H groups in total. The normalized spacial score (nSPS) is 13.8. The second kappa shape index (κ2) is 51.3. The molecule has 0 aromatic heterocycles. The van der Waals surface area contributed by atoms with Gasteiger partial charge in [-0.15, -0.1) is 0 Å². The van der Waals surface area contributed by atoms with Gasteiger partial charge in [-0.2, -0.15) is 0 Å². The van der Waals surface area contributed by atoms with E-state index in [1.807, 2.05) is 0 Å². The van der Waals surface area contributed by atoms with Crippen molar-refractivity contribution in [2.24, 2.45) is 0 Å². The predicted octanol–water partition coefficient (Wildman–Crippen LogP) is 16.6. The van der Waals surface area contributed by atoms with Crippen molar-refractivity contribution in [3.63, 3.8) is 0 Å². The summed E-state index contributed by atoms with van der Waals surface area (Å²) in [6.07, 6.45) is 65.3. The minimum absolute atomic E-state index is 0.0441. The van der Waals surface area contributed by atoms with Crippen molar-refractivity contribution in [2.45, 2.75) is 277 Å². The Bertz CT molecular complexity index is 1190. The van der Waals surface area contributed by atoms with E-state index in [1.165, 1.54) is 122 Å². The highest BCUT2D eigenvalue weighted by Gasteiger charge is 2.24. The number of allylic oxidation sites excluding steroid dienone is 12. The molecule has 0 saturated carbocycles. The summed E-state index contributed by atoms with van der Waals surface area (Å²) in [7, 11) is 0. The van der Waals surface area contributed by atoms with Gasteiger partial charge in [0.05, 0.1) is 25.2 Å². The van der Waals surface area contributed by atoms with E-state index in [1.54, 1.807) is 0 Å². The Labute approximate surface area is 396 Å². The zero-order chi connectivity index (χ0) is 46.7. The molecule has 0 rings (SSSR count). The smallest absolute Gasteiger partial charge is 0.306 e. The summed E-state index contributed by atoms with van der Waals surface area (Å²) in [5, 5.41) is 23.8. The predicted molar refractivity (Wildman–Crippen MR) is 278 cm³/mol. The molecule has 0 aliphatic heterocycles. The van der Waals surface area contributed by atoms with Crippen molar-refractivity contribution in [1.82, 2.24) is 5.32 Å². The minimum atomic E-state index is -0.803. The van der Waals surface area contributed by atoms with Gasteiger partial charge in [0.1, 0.15) is 6.10 Å². The fraction of sp³-hybridized carbons (Fsp3) is 0.759. The van der Waals surface area contributed by atoms with Crippen LogP contribution in [0.2, 0.25) is 0 Å². The van der Waals surface area contributed by atoms with E-state index >= 15 is 0 Å². The topological polar surface area (TPSA) is 95.9 Å². The Balaban J connectivity index is 4.70. The fourth-order valence-corrected chi connectivity index (χ4v) is 7.96. The van der Waals surface area contributed by atoms with Crippen molar-refractivity contribution in [3.8, 4) is 0 Å². The number of rotatable bonds is 48. The van der Waals surface area contributed by atoms with Crippen molar-refractivity contribution >= 4 is 11.9 Å². The molecular formula is C58H103NO5. The van der Waals surface area contributed by atoms with Crippen LogP contribution in [0.5, 0.6) is 0 Å². The molecule has 0 heterocycles. The maximum absolute atomic E-state index is 13.2. The molecule has 3 atom stereocenters. The minimum Gasteiger partial charge on any atom is -0.462 e. The van der Waals surface area contributed by atoms with Gasteiger partial charge in [0.2, 0.25) is 5.91 Å². The molecule has 64 heavy (non-hydrogen) atoms. The van der Waals surface area contributed by atoms with E-state index in [2.05, 4.69) is 99.0 Å². The van der Waals surface area contributed by atoms with Gasteiger partial charge in [-0.1, -0.05) is 241 Å². The highest BCUT2D eigenvalue weighted by atomic mass is 16.5. The second-order valence-corrected chi connectivity index (χ2v) is 18.4. The van der Waals surface area contributed by atoms with E-state index in [-0.39, 0.29) is 24.9 Å². The molecule has 6 heteroatoms. The summed E-state index contributed by atoms with van der Waals surface area (Å²) in [5.41, 5.74) is 0. The van der Waals surface area contributed by atoms with E-state index in [0.29, 0.717) is 19.3 Å². The first-order valence-electron chi connectivity index (χ1n) is 27.2. The molecule has 6 nitrogen and oxygen atoms in total. The Morgan fingerprint density at radius 2 is 0.797 bits per heavy atom. The summed E-state index contributed by atoms with van der Waals surface area (Å²) >= 11 is 0. The first kappa shape index (κ1) is 61.3. The summed E-state index contributed by atoms with van der Waals surface area (Å²) in [4.78, 5) is 26.2. The van der Waals surface area contributed by atoms with Crippen LogP contribution in [0.15, 0.2) is 72.9 Å². The van der Waals surface area contributed by atoms with Gasteiger partial charge in [0.15, 0.2) is 0 Å². The summed E-state index contributed by atoms with van der Waals surface area (Å²) in [6.45, 7) is 6.43. The zero-order valence-corrected chi connectivity index (χ0v) is 42.1. The molecule has 0 bridgehead atoms. The number of nitrogens with one attached hydrogen (secondary N) is 1. The molecule has 0 aliphatic rings. The summed E-state index contributed by atoms with van der Waals surface area (Å²) in [5.74, 6) is -0.530. The van der Waals surface area contributed by atoms with Crippen LogP contribution in [0, 0.1) is 0 Å². The molecular weight excluding hydrogens is 791 g/mol. The van der Waals surface area contributed by atoms with Crippen LogP contribution in [-0.4, -0.2) is 46.9 Å². The standard InChI is InChI=1S/C58H103NO5/c1-4-7-10-13-16-19-22-24-26-28-29-31-33-36-39-42-45-48-51-58(63)64-54(49-46-43-40-37-35-32-30-27-25-23-20-17-14-11-8-5-2)52-57(62)59-55(53-60)56(61)50-47-44-41-38-34-21-18-15-12-9-6-3/h22-32,35,54-56,60-61H,4-21,33-34,36-53H2,1-3H3,(H,59,62)/b24-22+,25-23+,28-26+,30-27+,31-29+,35-32+. The van der Waals surface area contributed by atoms with Gasteiger partial charge in [-0.3, -0.25) is 9.59 Å². The fourth-order valence-electron chi connectivity index (χ4n) is 7.96. The highest BCUT2D eigenvalue weighted by molar-refractivity contribution is 5.77. The molecule has 0 aliphatic carbocycles. The summed E-state index contributed by atoms with van der Waals surface area (Å²) < 4.78 is 5.92. The van der Waals surface area contributed by atoms with Gasteiger partial charge in [0.25, 0.3) is 0 Å². The number of ether oxygens (including phenoxy) is 1. The van der Waals surface area contributed by atoms with Crippen LogP contribution in [0.25, 0.3) is 0 Å². The number of amides is 1. The first-order valence-corrected chi connectivity index (χ1v) is 27.2. The molecule has 0 fully saturated rings.